The normalized spacial score (nSPS) is 16.8. The number of benzene rings is 2. The van der Waals surface area contributed by atoms with Crippen LogP contribution in [0.3, 0.4) is 0 Å². The number of aryl methyl sites for hydroxylation is 1. The minimum atomic E-state index is -3.85. The van der Waals surface area contributed by atoms with Gasteiger partial charge >= 0.3 is 0 Å². The fourth-order valence-corrected chi connectivity index (χ4v) is 6.61. The molecule has 46 heavy (non-hydrogen) atoms. The molecule has 244 valence electrons. The summed E-state index contributed by atoms with van der Waals surface area (Å²) in [5.41, 5.74) is 2.05. The van der Waals surface area contributed by atoms with E-state index in [-0.39, 0.29) is 23.2 Å². The van der Waals surface area contributed by atoms with Crippen molar-refractivity contribution >= 4 is 44.7 Å². The number of halogens is 3. The lowest BCUT2D eigenvalue weighted by Crippen LogP contribution is -2.24. The Labute approximate surface area is 271 Å². The number of hydrogen-bond donors (Lipinski definition) is 0. The second-order valence-corrected chi connectivity index (χ2v) is 14.1. The van der Waals surface area contributed by atoms with Gasteiger partial charge in [0.25, 0.3) is 0 Å². The highest BCUT2D eigenvalue weighted by atomic mass is 35.5. The summed E-state index contributed by atoms with van der Waals surface area (Å²) in [6, 6.07) is 11.1. The third-order valence-electron chi connectivity index (χ3n) is 8.28. The first-order chi connectivity index (χ1) is 21.9. The number of hydrogen-bond acceptors (Lipinski definition) is 9. The molecule has 0 amide bonds. The van der Waals surface area contributed by atoms with E-state index < -0.39 is 32.1 Å². The predicted octanol–water partition coefficient (Wildman–Crippen LogP) is 7.01. The summed E-state index contributed by atoms with van der Waals surface area (Å²) in [6.45, 7) is 2.98. The quantitative estimate of drug-likeness (QED) is 0.165. The molecule has 14 heteroatoms. The van der Waals surface area contributed by atoms with E-state index in [1.165, 1.54) is 7.05 Å². The highest BCUT2D eigenvalue weighted by Crippen LogP contribution is 2.49. The van der Waals surface area contributed by atoms with Crippen molar-refractivity contribution in [2.24, 2.45) is 0 Å². The van der Waals surface area contributed by atoms with Crippen LogP contribution in [0.5, 0.6) is 5.75 Å². The molecule has 3 heterocycles. The molecule has 2 fully saturated rings. The van der Waals surface area contributed by atoms with Crippen molar-refractivity contribution < 1.29 is 26.7 Å². The van der Waals surface area contributed by atoms with Gasteiger partial charge in [-0.1, -0.05) is 23.7 Å². The molecule has 0 N–H and O–H groups in total. The summed E-state index contributed by atoms with van der Waals surface area (Å²) in [6.07, 6.45) is 5.36. The Bertz CT molecular complexity index is 1840. The Morgan fingerprint density at radius 1 is 1.07 bits per heavy atom. The largest absolute Gasteiger partial charge is 0.497 e. The molecule has 1 aliphatic carbocycles. The topological polar surface area (TPSA) is 103 Å². The first-order valence-electron chi connectivity index (χ1n) is 15.0. The van der Waals surface area contributed by atoms with Gasteiger partial charge in [0.1, 0.15) is 22.4 Å². The number of rotatable bonds is 10. The number of anilines is 4. The third kappa shape index (κ3) is 6.53. The Hall–Kier alpha value is -3.81. The van der Waals surface area contributed by atoms with Crippen LogP contribution in [0.1, 0.15) is 61.1 Å². The van der Waals surface area contributed by atoms with E-state index in [0.717, 1.165) is 72.2 Å². The summed E-state index contributed by atoms with van der Waals surface area (Å²) in [4.78, 5) is 11.9. The second kappa shape index (κ2) is 12.8. The fourth-order valence-electron chi connectivity index (χ4n) is 5.66. The maximum Gasteiger partial charge on any atom is 0.233 e. The monoisotopic (exact) mass is 672 g/mol. The van der Waals surface area contributed by atoms with Crippen molar-refractivity contribution in [3.63, 3.8) is 0 Å². The van der Waals surface area contributed by atoms with Crippen LogP contribution in [0.4, 0.5) is 32.1 Å². The van der Waals surface area contributed by atoms with Gasteiger partial charge in [-0.15, -0.1) is 0 Å². The molecule has 1 saturated carbocycles. The molecular weight excluding hydrogens is 638 g/mol. The van der Waals surface area contributed by atoms with Gasteiger partial charge in [0.2, 0.25) is 5.95 Å². The van der Waals surface area contributed by atoms with Crippen molar-refractivity contribution in [1.29, 1.82) is 0 Å². The first kappa shape index (κ1) is 32.1. The van der Waals surface area contributed by atoms with Crippen LogP contribution >= 0.6 is 11.6 Å². The molecule has 1 atom stereocenters. The Morgan fingerprint density at radius 3 is 2.35 bits per heavy atom. The average Bonchev–Trinajstić information content (AvgIpc) is 3.79. The summed E-state index contributed by atoms with van der Waals surface area (Å²) in [7, 11) is -0.838. The number of aromatic nitrogens is 4. The van der Waals surface area contributed by atoms with Gasteiger partial charge in [-0.05, 0) is 74.8 Å². The molecule has 4 aromatic rings. The smallest absolute Gasteiger partial charge is 0.233 e. The molecule has 10 nitrogen and oxygen atoms in total. The summed E-state index contributed by atoms with van der Waals surface area (Å²) >= 11 is 6.86. The van der Waals surface area contributed by atoms with Gasteiger partial charge in [0.05, 0.1) is 18.6 Å². The summed E-state index contributed by atoms with van der Waals surface area (Å²) in [5, 5.41) is 5.14. The van der Waals surface area contributed by atoms with Crippen LogP contribution in [0.15, 0.2) is 47.4 Å². The number of methoxy groups -OCH3 is 1. The molecule has 6 rings (SSSR count). The maximum atomic E-state index is 15.3. The summed E-state index contributed by atoms with van der Waals surface area (Å²) < 4.78 is 67.9. The molecule has 0 spiro atoms. The second-order valence-electron chi connectivity index (χ2n) is 11.7. The molecule has 1 saturated heterocycles. The van der Waals surface area contributed by atoms with Crippen LogP contribution in [0.25, 0.3) is 0 Å². The van der Waals surface area contributed by atoms with E-state index in [1.54, 1.807) is 7.11 Å². The SMILES string of the molecule is COc1ccc(CN(c2cc(C)n(C3CCCCO3)n2)c2nc(N(C)c3c(F)cc(S(C)(=O)=O)cc3F)nc(Cl)c2C2CC2)cc1. The highest BCUT2D eigenvalue weighted by Gasteiger charge is 2.35. The molecule has 2 aromatic heterocycles. The van der Waals surface area contributed by atoms with Crippen LogP contribution in [0.2, 0.25) is 5.15 Å². The van der Waals surface area contributed by atoms with E-state index in [9.17, 15) is 8.42 Å². The van der Waals surface area contributed by atoms with Gasteiger partial charge in [-0.3, -0.25) is 0 Å². The van der Waals surface area contributed by atoms with E-state index in [0.29, 0.717) is 30.5 Å². The zero-order valence-electron chi connectivity index (χ0n) is 26.0. The van der Waals surface area contributed by atoms with Gasteiger partial charge in [-0.25, -0.2) is 26.9 Å². The Balaban J connectivity index is 1.48. The van der Waals surface area contributed by atoms with Crippen LogP contribution < -0.4 is 14.5 Å². The minimum Gasteiger partial charge on any atom is -0.497 e. The predicted molar refractivity (Wildman–Crippen MR) is 171 cm³/mol. The summed E-state index contributed by atoms with van der Waals surface area (Å²) in [5.74, 6) is -0.345. The molecule has 1 aliphatic heterocycles. The highest BCUT2D eigenvalue weighted by molar-refractivity contribution is 7.90. The molecular formula is C32H35ClF2N6O4S. The number of sulfone groups is 1. The first-order valence-corrected chi connectivity index (χ1v) is 17.3. The molecule has 0 radical (unpaired) electrons. The molecule has 2 aliphatic rings. The third-order valence-corrected chi connectivity index (χ3v) is 9.66. The minimum absolute atomic E-state index is 0.0687. The van der Waals surface area contributed by atoms with E-state index in [2.05, 4.69) is 4.98 Å². The lowest BCUT2D eigenvalue weighted by Gasteiger charge is -2.27. The average molecular weight is 673 g/mol. The van der Waals surface area contributed by atoms with E-state index in [4.69, 9.17) is 31.2 Å². The Kier molecular flexibility index (Phi) is 8.92. The Morgan fingerprint density at radius 2 is 1.76 bits per heavy atom. The van der Waals surface area contributed by atoms with E-state index in [1.807, 2.05) is 46.8 Å². The van der Waals surface area contributed by atoms with Crippen LogP contribution in [-0.2, 0) is 21.1 Å². The molecule has 0 bridgehead atoms. The zero-order chi connectivity index (χ0) is 32.7. The number of ether oxygens (including phenoxy) is 2. The maximum absolute atomic E-state index is 15.3. The van der Waals surface area contributed by atoms with Crippen LogP contribution in [-0.4, -0.2) is 55.2 Å². The standard InChI is InChI=1S/C32H35ClF2N6O4S/c1-19-15-26(38-41(19)27-7-5-6-14-45-27)40(18-20-8-12-22(44-3)13-9-20)31-28(21-10-11-21)30(33)36-32(37-31)39(2)29-24(34)16-23(17-25(29)35)46(4,42)43/h8-9,12-13,15-17,21,27H,5-7,10-11,14,18H2,1-4H3. The van der Waals surface area contributed by atoms with Gasteiger partial charge < -0.3 is 19.3 Å². The van der Waals surface area contributed by atoms with Crippen molar-refractivity contribution in [2.45, 2.75) is 62.6 Å². The van der Waals surface area contributed by atoms with Crippen molar-refractivity contribution in [1.82, 2.24) is 19.7 Å². The molecule has 1 unspecified atom stereocenters. The van der Waals surface area contributed by atoms with Gasteiger partial charge in [0, 0.05) is 37.2 Å². The van der Waals surface area contributed by atoms with Crippen molar-refractivity contribution in [2.75, 3.05) is 36.8 Å². The fraction of sp³-hybridized carbons (Fsp3) is 0.406. The lowest BCUT2D eigenvalue weighted by atomic mass is 10.1. The van der Waals surface area contributed by atoms with Crippen molar-refractivity contribution in [3.05, 3.63) is 76.1 Å². The van der Waals surface area contributed by atoms with Gasteiger partial charge in [0.15, 0.2) is 33.5 Å². The van der Waals surface area contributed by atoms with E-state index >= 15 is 8.78 Å². The lowest BCUT2D eigenvalue weighted by molar-refractivity contribution is -0.0405. The van der Waals surface area contributed by atoms with Crippen molar-refractivity contribution in [3.8, 4) is 5.75 Å². The zero-order valence-corrected chi connectivity index (χ0v) is 27.6. The van der Waals surface area contributed by atoms with Crippen LogP contribution in [0, 0.1) is 18.6 Å². The number of nitrogens with zero attached hydrogens (tertiary/aromatic N) is 6. The molecule has 2 aromatic carbocycles. The van der Waals surface area contributed by atoms with Gasteiger partial charge in [-0.2, -0.15) is 10.1 Å².